The molecule has 0 atom stereocenters. The van der Waals surface area contributed by atoms with E-state index in [4.69, 9.17) is 4.74 Å². The Balaban J connectivity index is 1.63. The lowest BCUT2D eigenvalue weighted by atomic mass is 10.2. The summed E-state index contributed by atoms with van der Waals surface area (Å²) < 4.78 is 6.57. The van der Waals surface area contributed by atoms with Gasteiger partial charge in [0.15, 0.2) is 0 Å². The van der Waals surface area contributed by atoms with Gasteiger partial charge in [-0.2, -0.15) is 0 Å². The Bertz CT molecular complexity index is 632. The molecule has 0 aromatic heterocycles. The zero-order valence-electron chi connectivity index (χ0n) is 12.4. The van der Waals surface area contributed by atoms with Crippen LogP contribution in [-0.4, -0.2) is 19.2 Å². The third-order valence-corrected chi connectivity index (χ3v) is 3.48. The molecule has 0 aliphatic rings. The highest BCUT2D eigenvalue weighted by atomic mass is 79.9. The molecule has 116 valence electrons. The van der Waals surface area contributed by atoms with Gasteiger partial charge in [-0.25, -0.2) is 4.79 Å². The van der Waals surface area contributed by atoms with Crippen LogP contribution in [0.1, 0.15) is 11.1 Å². The van der Waals surface area contributed by atoms with Crippen molar-refractivity contribution >= 4 is 22.0 Å². The number of carbonyl (C=O) groups is 1. The molecule has 0 heterocycles. The maximum atomic E-state index is 11.7. The predicted octanol–water partition coefficient (Wildman–Crippen LogP) is 3.64. The lowest BCUT2D eigenvalue weighted by molar-refractivity contribution is 0.236. The van der Waals surface area contributed by atoms with E-state index in [9.17, 15) is 4.79 Å². The van der Waals surface area contributed by atoms with Gasteiger partial charge < -0.3 is 15.4 Å². The standard InChI is InChI=1S/C17H19BrN2O2/c1-13-4-2-7-16(10-13)22-9-8-19-17(21)20-12-14-5-3-6-15(18)11-14/h2-7,10-11H,8-9,12H2,1H3,(H2,19,20,21). The molecular weight excluding hydrogens is 344 g/mol. The smallest absolute Gasteiger partial charge is 0.315 e. The van der Waals surface area contributed by atoms with Gasteiger partial charge >= 0.3 is 6.03 Å². The number of urea groups is 1. The lowest BCUT2D eigenvalue weighted by Gasteiger charge is -2.09. The zero-order chi connectivity index (χ0) is 15.8. The molecule has 0 unspecified atom stereocenters. The van der Waals surface area contributed by atoms with Crippen LogP contribution in [0.5, 0.6) is 5.75 Å². The van der Waals surface area contributed by atoms with Crippen molar-refractivity contribution in [2.75, 3.05) is 13.2 Å². The number of aryl methyl sites for hydroxylation is 1. The summed E-state index contributed by atoms with van der Waals surface area (Å²) in [6.45, 7) is 3.40. The van der Waals surface area contributed by atoms with Crippen LogP contribution in [0.25, 0.3) is 0 Å². The Morgan fingerprint density at radius 3 is 2.73 bits per heavy atom. The molecule has 2 N–H and O–H groups in total. The number of carbonyl (C=O) groups excluding carboxylic acids is 1. The third-order valence-electron chi connectivity index (χ3n) is 2.99. The molecule has 5 heteroatoms. The van der Waals surface area contributed by atoms with Crippen LogP contribution in [0.2, 0.25) is 0 Å². The molecule has 2 rings (SSSR count). The molecule has 2 amide bonds. The topological polar surface area (TPSA) is 50.4 Å². The summed E-state index contributed by atoms with van der Waals surface area (Å²) in [6.07, 6.45) is 0. The number of halogens is 1. The summed E-state index contributed by atoms with van der Waals surface area (Å²) in [5.74, 6) is 0.816. The summed E-state index contributed by atoms with van der Waals surface area (Å²) in [5.41, 5.74) is 2.19. The van der Waals surface area contributed by atoms with E-state index in [0.29, 0.717) is 19.7 Å². The summed E-state index contributed by atoms with van der Waals surface area (Å²) >= 11 is 3.40. The van der Waals surface area contributed by atoms with Crippen LogP contribution in [0, 0.1) is 6.92 Å². The van der Waals surface area contributed by atoms with Gasteiger partial charge in [0.2, 0.25) is 0 Å². The highest BCUT2D eigenvalue weighted by Crippen LogP contribution is 2.12. The summed E-state index contributed by atoms with van der Waals surface area (Å²) in [5, 5.41) is 5.57. The number of nitrogens with one attached hydrogen (secondary N) is 2. The normalized spacial score (nSPS) is 10.1. The SMILES string of the molecule is Cc1cccc(OCCNC(=O)NCc2cccc(Br)c2)c1. The van der Waals surface area contributed by atoms with Crippen LogP contribution >= 0.6 is 15.9 Å². The van der Waals surface area contributed by atoms with E-state index in [0.717, 1.165) is 21.3 Å². The molecule has 0 aliphatic carbocycles. The fraction of sp³-hybridized carbons (Fsp3) is 0.235. The van der Waals surface area contributed by atoms with Gasteiger partial charge in [0, 0.05) is 11.0 Å². The van der Waals surface area contributed by atoms with Crippen LogP contribution in [0.3, 0.4) is 0 Å². The minimum atomic E-state index is -0.201. The Kier molecular flexibility index (Phi) is 6.27. The predicted molar refractivity (Wildman–Crippen MR) is 91.1 cm³/mol. The first-order valence-corrected chi connectivity index (χ1v) is 7.88. The number of rotatable bonds is 6. The largest absolute Gasteiger partial charge is 0.492 e. The van der Waals surface area contributed by atoms with E-state index >= 15 is 0 Å². The fourth-order valence-electron chi connectivity index (χ4n) is 1.93. The minimum absolute atomic E-state index is 0.201. The van der Waals surface area contributed by atoms with Gasteiger partial charge in [-0.15, -0.1) is 0 Å². The molecule has 2 aromatic rings. The molecule has 0 radical (unpaired) electrons. The maximum absolute atomic E-state index is 11.7. The van der Waals surface area contributed by atoms with Crippen molar-refractivity contribution in [3.63, 3.8) is 0 Å². The molecule has 0 bridgehead atoms. The molecule has 22 heavy (non-hydrogen) atoms. The van der Waals surface area contributed by atoms with Gasteiger partial charge in [-0.1, -0.05) is 40.2 Å². The Labute approximate surface area is 139 Å². The summed E-state index contributed by atoms with van der Waals surface area (Å²) in [6, 6.07) is 15.5. The number of ether oxygens (including phenoxy) is 1. The number of amides is 2. The molecule has 0 fully saturated rings. The molecule has 0 aliphatic heterocycles. The minimum Gasteiger partial charge on any atom is -0.492 e. The van der Waals surface area contributed by atoms with Crippen molar-refractivity contribution in [1.29, 1.82) is 0 Å². The van der Waals surface area contributed by atoms with Gasteiger partial charge in [0.1, 0.15) is 12.4 Å². The fourth-order valence-corrected chi connectivity index (χ4v) is 2.38. The van der Waals surface area contributed by atoms with E-state index < -0.39 is 0 Å². The highest BCUT2D eigenvalue weighted by Gasteiger charge is 2.01. The van der Waals surface area contributed by atoms with Crippen LogP contribution < -0.4 is 15.4 Å². The first-order chi connectivity index (χ1) is 10.6. The van der Waals surface area contributed by atoms with Gasteiger partial charge in [0.05, 0.1) is 6.54 Å². The summed E-state index contributed by atoms with van der Waals surface area (Å²) in [4.78, 5) is 11.7. The van der Waals surface area contributed by atoms with Crippen molar-refractivity contribution in [1.82, 2.24) is 10.6 Å². The van der Waals surface area contributed by atoms with E-state index in [1.54, 1.807) is 0 Å². The number of hydrogen-bond donors (Lipinski definition) is 2. The summed E-state index contributed by atoms with van der Waals surface area (Å²) in [7, 11) is 0. The monoisotopic (exact) mass is 362 g/mol. The second-order valence-electron chi connectivity index (χ2n) is 4.90. The second-order valence-corrected chi connectivity index (χ2v) is 5.82. The van der Waals surface area contributed by atoms with Crippen molar-refractivity contribution in [2.24, 2.45) is 0 Å². The van der Waals surface area contributed by atoms with Crippen LogP contribution in [0.4, 0.5) is 4.79 Å². The zero-order valence-corrected chi connectivity index (χ0v) is 14.0. The van der Waals surface area contributed by atoms with E-state index in [-0.39, 0.29) is 6.03 Å². The van der Waals surface area contributed by atoms with Crippen molar-refractivity contribution < 1.29 is 9.53 Å². The number of benzene rings is 2. The van der Waals surface area contributed by atoms with E-state index in [1.807, 2.05) is 55.5 Å². The average Bonchev–Trinajstić information content (AvgIpc) is 2.50. The number of hydrogen-bond acceptors (Lipinski definition) is 2. The molecule has 2 aromatic carbocycles. The molecule has 0 spiro atoms. The van der Waals surface area contributed by atoms with E-state index in [2.05, 4.69) is 26.6 Å². The first-order valence-electron chi connectivity index (χ1n) is 7.09. The molecule has 0 saturated heterocycles. The molecular formula is C17H19BrN2O2. The highest BCUT2D eigenvalue weighted by molar-refractivity contribution is 9.10. The van der Waals surface area contributed by atoms with Crippen molar-refractivity contribution in [2.45, 2.75) is 13.5 Å². The van der Waals surface area contributed by atoms with Crippen molar-refractivity contribution in [3.05, 3.63) is 64.1 Å². The third kappa shape index (κ3) is 5.77. The molecule has 0 saturated carbocycles. The average molecular weight is 363 g/mol. The maximum Gasteiger partial charge on any atom is 0.315 e. The van der Waals surface area contributed by atoms with Gasteiger partial charge in [0.25, 0.3) is 0 Å². The molecule has 4 nitrogen and oxygen atoms in total. The second kappa shape index (κ2) is 8.44. The van der Waals surface area contributed by atoms with E-state index in [1.165, 1.54) is 0 Å². The van der Waals surface area contributed by atoms with Gasteiger partial charge in [-0.05, 0) is 42.3 Å². The quantitative estimate of drug-likeness (QED) is 0.770. The Morgan fingerprint density at radius 1 is 1.14 bits per heavy atom. The Hall–Kier alpha value is -2.01. The first kappa shape index (κ1) is 16.4. The Morgan fingerprint density at radius 2 is 1.95 bits per heavy atom. The lowest BCUT2D eigenvalue weighted by Crippen LogP contribution is -2.37. The van der Waals surface area contributed by atoms with Crippen LogP contribution in [-0.2, 0) is 6.54 Å². The van der Waals surface area contributed by atoms with Crippen molar-refractivity contribution in [3.8, 4) is 5.75 Å². The van der Waals surface area contributed by atoms with Gasteiger partial charge in [-0.3, -0.25) is 0 Å². The van der Waals surface area contributed by atoms with Crippen LogP contribution in [0.15, 0.2) is 53.0 Å².